The van der Waals surface area contributed by atoms with E-state index in [1.54, 1.807) is 0 Å². The Morgan fingerprint density at radius 3 is 2.55 bits per heavy atom. The molecule has 1 saturated carbocycles. The Bertz CT molecular complexity index is 414. The third-order valence-electron chi connectivity index (χ3n) is 3.79. The predicted octanol–water partition coefficient (Wildman–Crippen LogP) is 2.15. The van der Waals surface area contributed by atoms with Gasteiger partial charge in [0.2, 0.25) is 0 Å². The number of nitrogens with two attached hydrogens (primary N) is 1. The van der Waals surface area contributed by atoms with E-state index in [0.717, 1.165) is 31.2 Å². The number of ether oxygens (including phenoxy) is 1. The van der Waals surface area contributed by atoms with Gasteiger partial charge < -0.3 is 15.8 Å². The SMILES string of the molecule is CCOC(C(=O)NC1CCC(N)CC1)c1ccccc1. The Hall–Kier alpha value is -1.39. The summed E-state index contributed by atoms with van der Waals surface area (Å²) in [6.45, 7) is 2.42. The van der Waals surface area contributed by atoms with Gasteiger partial charge in [-0.15, -0.1) is 0 Å². The van der Waals surface area contributed by atoms with E-state index in [2.05, 4.69) is 5.32 Å². The van der Waals surface area contributed by atoms with Crippen molar-refractivity contribution in [3.05, 3.63) is 35.9 Å². The van der Waals surface area contributed by atoms with Gasteiger partial charge >= 0.3 is 0 Å². The minimum absolute atomic E-state index is 0.0430. The Kier molecular flexibility index (Phi) is 5.56. The highest BCUT2D eigenvalue weighted by Gasteiger charge is 2.25. The van der Waals surface area contributed by atoms with Gasteiger partial charge in [0, 0.05) is 18.7 Å². The normalized spacial score (nSPS) is 24.1. The van der Waals surface area contributed by atoms with Crippen LogP contribution in [0.5, 0.6) is 0 Å². The molecule has 0 aliphatic heterocycles. The van der Waals surface area contributed by atoms with Gasteiger partial charge in [0.25, 0.3) is 5.91 Å². The van der Waals surface area contributed by atoms with E-state index >= 15 is 0 Å². The predicted molar refractivity (Wildman–Crippen MR) is 79.2 cm³/mol. The molecule has 0 radical (unpaired) electrons. The average molecular weight is 276 g/mol. The number of nitrogens with one attached hydrogen (secondary N) is 1. The van der Waals surface area contributed by atoms with Crippen LogP contribution in [0.15, 0.2) is 30.3 Å². The van der Waals surface area contributed by atoms with Crippen LogP contribution in [-0.2, 0) is 9.53 Å². The molecule has 1 aliphatic rings. The molecule has 0 bridgehead atoms. The number of carbonyl (C=O) groups excluding carboxylic acids is 1. The lowest BCUT2D eigenvalue weighted by atomic mass is 9.91. The highest BCUT2D eigenvalue weighted by molar-refractivity contribution is 5.82. The minimum atomic E-state index is -0.517. The molecule has 1 unspecified atom stereocenters. The zero-order valence-corrected chi connectivity index (χ0v) is 12.0. The lowest BCUT2D eigenvalue weighted by Gasteiger charge is -2.28. The summed E-state index contributed by atoms with van der Waals surface area (Å²) < 4.78 is 5.62. The molecule has 1 amide bonds. The molecule has 1 atom stereocenters. The third-order valence-corrected chi connectivity index (χ3v) is 3.79. The maximum Gasteiger partial charge on any atom is 0.253 e. The molecule has 1 aromatic rings. The van der Waals surface area contributed by atoms with Gasteiger partial charge in [0.1, 0.15) is 0 Å². The van der Waals surface area contributed by atoms with E-state index in [1.165, 1.54) is 0 Å². The first kappa shape index (κ1) is 15.0. The second kappa shape index (κ2) is 7.41. The van der Waals surface area contributed by atoms with E-state index < -0.39 is 6.10 Å². The first-order valence-electron chi connectivity index (χ1n) is 7.43. The second-order valence-corrected chi connectivity index (χ2v) is 5.37. The molecular weight excluding hydrogens is 252 g/mol. The molecule has 0 aromatic heterocycles. The number of benzene rings is 1. The first-order valence-corrected chi connectivity index (χ1v) is 7.43. The molecule has 110 valence electrons. The highest BCUT2D eigenvalue weighted by atomic mass is 16.5. The zero-order valence-electron chi connectivity index (χ0n) is 12.0. The van der Waals surface area contributed by atoms with Crippen molar-refractivity contribution < 1.29 is 9.53 Å². The lowest BCUT2D eigenvalue weighted by molar-refractivity contribution is -0.134. The summed E-state index contributed by atoms with van der Waals surface area (Å²) in [5, 5.41) is 3.10. The maximum absolute atomic E-state index is 12.4. The van der Waals surface area contributed by atoms with Crippen LogP contribution in [0.1, 0.15) is 44.3 Å². The first-order chi connectivity index (χ1) is 9.70. The molecule has 0 spiro atoms. The van der Waals surface area contributed by atoms with Crippen LogP contribution >= 0.6 is 0 Å². The van der Waals surface area contributed by atoms with Gasteiger partial charge in [0.05, 0.1) is 0 Å². The van der Waals surface area contributed by atoms with Crippen LogP contribution in [0.3, 0.4) is 0 Å². The van der Waals surface area contributed by atoms with Crippen LogP contribution in [0.2, 0.25) is 0 Å². The number of rotatable bonds is 5. The fourth-order valence-electron chi connectivity index (χ4n) is 2.66. The van der Waals surface area contributed by atoms with Crippen molar-refractivity contribution >= 4 is 5.91 Å². The summed E-state index contributed by atoms with van der Waals surface area (Å²) >= 11 is 0. The number of hydrogen-bond donors (Lipinski definition) is 2. The molecule has 20 heavy (non-hydrogen) atoms. The van der Waals surface area contributed by atoms with E-state index in [-0.39, 0.29) is 11.9 Å². The Balaban J connectivity index is 1.97. The summed E-state index contributed by atoms with van der Waals surface area (Å²) in [6, 6.07) is 10.2. The topological polar surface area (TPSA) is 64.3 Å². The van der Waals surface area contributed by atoms with Crippen LogP contribution in [0.4, 0.5) is 0 Å². The monoisotopic (exact) mass is 276 g/mol. The van der Waals surface area contributed by atoms with Crippen LogP contribution in [-0.4, -0.2) is 24.6 Å². The number of amides is 1. The van der Waals surface area contributed by atoms with Crippen LogP contribution < -0.4 is 11.1 Å². The van der Waals surface area contributed by atoms with E-state index in [0.29, 0.717) is 12.6 Å². The van der Waals surface area contributed by atoms with Crippen LogP contribution in [0, 0.1) is 0 Å². The molecule has 1 aromatic carbocycles. The quantitative estimate of drug-likeness (QED) is 0.866. The fourth-order valence-corrected chi connectivity index (χ4v) is 2.66. The van der Waals surface area contributed by atoms with Crippen molar-refractivity contribution in [2.24, 2.45) is 5.73 Å². The van der Waals surface area contributed by atoms with Crippen molar-refractivity contribution in [3.8, 4) is 0 Å². The zero-order chi connectivity index (χ0) is 14.4. The molecule has 0 saturated heterocycles. The molecule has 4 nitrogen and oxygen atoms in total. The number of carbonyl (C=O) groups is 1. The minimum Gasteiger partial charge on any atom is -0.364 e. The second-order valence-electron chi connectivity index (χ2n) is 5.37. The van der Waals surface area contributed by atoms with Crippen molar-refractivity contribution in [1.29, 1.82) is 0 Å². The maximum atomic E-state index is 12.4. The molecule has 0 heterocycles. The van der Waals surface area contributed by atoms with Crippen LogP contribution in [0.25, 0.3) is 0 Å². The van der Waals surface area contributed by atoms with Gasteiger partial charge in [-0.05, 0) is 38.2 Å². The van der Waals surface area contributed by atoms with Gasteiger partial charge in [-0.25, -0.2) is 0 Å². The lowest BCUT2D eigenvalue weighted by Crippen LogP contribution is -2.42. The number of hydrogen-bond acceptors (Lipinski definition) is 3. The Labute approximate surface area is 120 Å². The van der Waals surface area contributed by atoms with Crippen molar-refractivity contribution in [1.82, 2.24) is 5.32 Å². The Morgan fingerprint density at radius 2 is 1.95 bits per heavy atom. The van der Waals surface area contributed by atoms with E-state index in [4.69, 9.17) is 10.5 Å². The third kappa shape index (κ3) is 4.05. The summed E-state index contributed by atoms with van der Waals surface area (Å²) in [4.78, 5) is 12.4. The van der Waals surface area contributed by atoms with Crippen molar-refractivity contribution in [2.75, 3.05) is 6.61 Å². The van der Waals surface area contributed by atoms with E-state index in [9.17, 15) is 4.79 Å². The van der Waals surface area contributed by atoms with Crippen molar-refractivity contribution in [3.63, 3.8) is 0 Å². The highest BCUT2D eigenvalue weighted by Crippen LogP contribution is 2.21. The fraction of sp³-hybridized carbons (Fsp3) is 0.562. The molecule has 3 N–H and O–H groups in total. The van der Waals surface area contributed by atoms with Gasteiger partial charge in [-0.3, -0.25) is 4.79 Å². The summed E-state index contributed by atoms with van der Waals surface area (Å²) in [5.74, 6) is -0.0430. The summed E-state index contributed by atoms with van der Waals surface area (Å²) in [7, 11) is 0. The van der Waals surface area contributed by atoms with Gasteiger partial charge in [0.15, 0.2) is 6.10 Å². The van der Waals surface area contributed by atoms with Crippen molar-refractivity contribution in [2.45, 2.75) is 50.8 Å². The largest absolute Gasteiger partial charge is 0.364 e. The summed E-state index contributed by atoms with van der Waals surface area (Å²) in [5.41, 5.74) is 6.79. The average Bonchev–Trinajstić information content (AvgIpc) is 2.48. The van der Waals surface area contributed by atoms with Gasteiger partial charge in [-0.2, -0.15) is 0 Å². The smallest absolute Gasteiger partial charge is 0.253 e. The van der Waals surface area contributed by atoms with E-state index in [1.807, 2.05) is 37.3 Å². The standard InChI is InChI=1S/C16H24N2O2/c1-2-20-15(12-6-4-3-5-7-12)16(19)18-14-10-8-13(17)9-11-14/h3-7,13-15H,2,8-11,17H2,1H3,(H,18,19). The van der Waals surface area contributed by atoms with Gasteiger partial charge in [-0.1, -0.05) is 30.3 Å². The Morgan fingerprint density at radius 1 is 1.30 bits per heavy atom. The molecule has 1 aliphatic carbocycles. The molecule has 2 rings (SSSR count). The molecular formula is C16H24N2O2. The molecule has 4 heteroatoms. The summed E-state index contributed by atoms with van der Waals surface area (Å²) in [6.07, 6.45) is 3.36. The molecule has 1 fully saturated rings.